The number of hydrogen-bond acceptors (Lipinski definition) is 3. The van der Waals surface area contributed by atoms with Gasteiger partial charge in [0.2, 0.25) is 0 Å². The number of methoxy groups -OCH3 is 1. The van der Waals surface area contributed by atoms with Gasteiger partial charge in [0.25, 0.3) is 0 Å². The zero-order chi connectivity index (χ0) is 15.4. The molecule has 0 heterocycles. The van der Waals surface area contributed by atoms with E-state index < -0.39 is 5.92 Å². The summed E-state index contributed by atoms with van der Waals surface area (Å²) in [6, 6.07) is 13.4. The van der Waals surface area contributed by atoms with Crippen LogP contribution in [0.5, 0.6) is 5.75 Å². The number of halogens is 2. The summed E-state index contributed by atoms with van der Waals surface area (Å²) in [7, 11) is 1.45. The molecule has 0 N–H and O–H groups in total. The summed E-state index contributed by atoms with van der Waals surface area (Å²) in [5.74, 6) is -0.957. The molecule has 5 heteroatoms. The van der Waals surface area contributed by atoms with Crippen molar-refractivity contribution in [3.8, 4) is 11.8 Å². The second kappa shape index (κ2) is 6.62. The lowest BCUT2D eigenvalue weighted by Crippen LogP contribution is -2.12. The molecular weight excluding hydrogens is 309 g/mol. The average Bonchev–Trinajstić information content (AvgIpc) is 2.47. The smallest absolute Gasteiger partial charge is 0.188 e. The van der Waals surface area contributed by atoms with Crippen LogP contribution in [-0.2, 0) is 0 Å². The van der Waals surface area contributed by atoms with Crippen molar-refractivity contribution in [1.82, 2.24) is 0 Å². The van der Waals surface area contributed by atoms with Crippen molar-refractivity contribution >= 4 is 29.0 Å². The van der Waals surface area contributed by atoms with E-state index in [-0.39, 0.29) is 5.78 Å². The minimum absolute atomic E-state index is 0.313. The van der Waals surface area contributed by atoms with Crippen LogP contribution in [0, 0.1) is 11.3 Å². The third kappa shape index (κ3) is 3.36. The fourth-order valence-electron chi connectivity index (χ4n) is 1.99. The summed E-state index contributed by atoms with van der Waals surface area (Å²) in [6.07, 6.45) is 0. The first kappa shape index (κ1) is 15.4. The Hall–Kier alpha value is -2.02. The Morgan fingerprint density at radius 3 is 2.52 bits per heavy atom. The number of nitrogens with zero attached hydrogens (tertiary/aromatic N) is 1. The topological polar surface area (TPSA) is 50.1 Å². The van der Waals surface area contributed by atoms with E-state index in [2.05, 4.69) is 0 Å². The monoisotopic (exact) mass is 319 g/mol. The Kier molecular flexibility index (Phi) is 4.85. The van der Waals surface area contributed by atoms with Crippen LogP contribution in [0.3, 0.4) is 0 Å². The minimum atomic E-state index is -0.946. The normalized spacial score (nSPS) is 11.5. The number of ketones is 1. The highest BCUT2D eigenvalue weighted by Gasteiger charge is 2.24. The second-order valence-corrected chi connectivity index (χ2v) is 5.20. The molecule has 2 aromatic carbocycles. The van der Waals surface area contributed by atoms with E-state index in [9.17, 15) is 10.1 Å². The number of hydrogen-bond donors (Lipinski definition) is 0. The fraction of sp³-hybridized carbons (Fsp3) is 0.125. The Bertz CT molecular complexity index is 722. The maximum atomic E-state index is 12.6. The van der Waals surface area contributed by atoms with E-state index in [1.54, 1.807) is 42.5 Å². The summed E-state index contributed by atoms with van der Waals surface area (Å²) in [5.41, 5.74) is 0.862. The van der Waals surface area contributed by atoms with Crippen LogP contribution < -0.4 is 4.74 Å². The molecule has 106 valence electrons. The van der Waals surface area contributed by atoms with Crippen LogP contribution >= 0.6 is 23.2 Å². The van der Waals surface area contributed by atoms with Gasteiger partial charge >= 0.3 is 0 Å². The van der Waals surface area contributed by atoms with Crippen molar-refractivity contribution in [2.45, 2.75) is 5.92 Å². The number of nitriles is 1. The van der Waals surface area contributed by atoms with Gasteiger partial charge < -0.3 is 4.74 Å². The SMILES string of the molecule is COc1cc(Cl)ccc1C(=O)C(C#N)c1cccc(Cl)c1. The van der Waals surface area contributed by atoms with Crippen molar-refractivity contribution in [3.63, 3.8) is 0 Å². The predicted octanol–water partition coefficient (Wildman–Crippen LogP) is 4.49. The molecule has 0 amide bonds. The first-order chi connectivity index (χ1) is 10.1. The number of ether oxygens (including phenoxy) is 1. The lowest BCUT2D eigenvalue weighted by atomic mass is 9.91. The van der Waals surface area contributed by atoms with Crippen LogP contribution in [0.1, 0.15) is 21.8 Å². The molecular formula is C16H11Cl2NO2. The van der Waals surface area contributed by atoms with Gasteiger partial charge in [-0.05, 0) is 35.9 Å². The van der Waals surface area contributed by atoms with Crippen molar-refractivity contribution < 1.29 is 9.53 Å². The molecule has 0 saturated heterocycles. The highest BCUT2D eigenvalue weighted by molar-refractivity contribution is 6.31. The van der Waals surface area contributed by atoms with E-state index in [0.717, 1.165) is 0 Å². The van der Waals surface area contributed by atoms with E-state index in [1.165, 1.54) is 7.11 Å². The van der Waals surface area contributed by atoms with Crippen molar-refractivity contribution in [3.05, 3.63) is 63.6 Å². The zero-order valence-corrected chi connectivity index (χ0v) is 12.7. The van der Waals surface area contributed by atoms with Gasteiger partial charge in [-0.2, -0.15) is 5.26 Å². The van der Waals surface area contributed by atoms with E-state index in [4.69, 9.17) is 27.9 Å². The van der Waals surface area contributed by atoms with Crippen LogP contribution in [0.25, 0.3) is 0 Å². The maximum absolute atomic E-state index is 12.6. The summed E-state index contributed by atoms with van der Waals surface area (Å²) in [6.45, 7) is 0. The summed E-state index contributed by atoms with van der Waals surface area (Å²) >= 11 is 11.8. The molecule has 0 aliphatic heterocycles. The Morgan fingerprint density at radius 2 is 1.90 bits per heavy atom. The molecule has 21 heavy (non-hydrogen) atoms. The van der Waals surface area contributed by atoms with Crippen molar-refractivity contribution in [1.29, 1.82) is 5.26 Å². The summed E-state index contributed by atoms with van der Waals surface area (Å²) < 4.78 is 5.16. The summed E-state index contributed by atoms with van der Waals surface area (Å²) in [5, 5.41) is 10.3. The number of carbonyl (C=O) groups excluding carboxylic acids is 1. The second-order valence-electron chi connectivity index (χ2n) is 4.33. The molecule has 1 unspecified atom stereocenters. The Morgan fingerprint density at radius 1 is 1.19 bits per heavy atom. The molecule has 0 saturated carbocycles. The predicted molar refractivity (Wildman–Crippen MR) is 82.1 cm³/mol. The van der Waals surface area contributed by atoms with Gasteiger partial charge in [0.15, 0.2) is 5.78 Å². The number of carbonyl (C=O) groups is 1. The highest BCUT2D eigenvalue weighted by Crippen LogP contribution is 2.29. The van der Waals surface area contributed by atoms with Crippen LogP contribution in [0.2, 0.25) is 10.0 Å². The van der Waals surface area contributed by atoms with E-state index >= 15 is 0 Å². The Labute approximate surface area is 132 Å². The fourth-order valence-corrected chi connectivity index (χ4v) is 2.36. The average molecular weight is 320 g/mol. The van der Waals surface area contributed by atoms with Gasteiger partial charge in [0.05, 0.1) is 18.7 Å². The molecule has 0 fully saturated rings. The van der Waals surface area contributed by atoms with Gasteiger partial charge in [-0.25, -0.2) is 0 Å². The number of benzene rings is 2. The lowest BCUT2D eigenvalue weighted by Gasteiger charge is -2.12. The van der Waals surface area contributed by atoms with Crippen molar-refractivity contribution in [2.75, 3.05) is 7.11 Å². The third-order valence-corrected chi connectivity index (χ3v) is 3.47. The van der Waals surface area contributed by atoms with Crippen LogP contribution in [0.4, 0.5) is 0 Å². The molecule has 0 aliphatic carbocycles. The molecule has 0 bridgehead atoms. The Balaban J connectivity index is 2.45. The lowest BCUT2D eigenvalue weighted by molar-refractivity contribution is 0.0976. The van der Waals surface area contributed by atoms with Crippen LogP contribution in [-0.4, -0.2) is 12.9 Å². The van der Waals surface area contributed by atoms with Gasteiger partial charge in [0.1, 0.15) is 11.7 Å². The first-order valence-corrected chi connectivity index (χ1v) is 6.85. The highest BCUT2D eigenvalue weighted by atomic mass is 35.5. The third-order valence-electron chi connectivity index (χ3n) is 3.00. The molecule has 0 radical (unpaired) electrons. The molecule has 0 spiro atoms. The zero-order valence-electron chi connectivity index (χ0n) is 11.1. The summed E-state index contributed by atoms with van der Waals surface area (Å²) in [4.78, 5) is 12.6. The molecule has 2 rings (SSSR count). The standard InChI is InChI=1S/C16H11Cl2NO2/c1-21-15-8-12(18)5-6-13(15)16(20)14(9-19)10-3-2-4-11(17)7-10/h2-8,14H,1H3. The maximum Gasteiger partial charge on any atom is 0.188 e. The van der Waals surface area contributed by atoms with Gasteiger partial charge in [-0.1, -0.05) is 35.3 Å². The number of Topliss-reactive ketones (excluding diaryl/α,β-unsaturated/α-hetero) is 1. The van der Waals surface area contributed by atoms with Gasteiger partial charge in [-0.15, -0.1) is 0 Å². The van der Waals surface area contributed by atoms with Gasteiger partial charge in [0, 0.05) is 10.0 Å². The molecule has 0 aromatic heterocycles. The van der Waals surface area contributed by atoms with Gasteiger partial charge in [-0.3, -0.25) is 4.79 Å². The largest absolute Gasteiger partial charge is 0.496 e. The van der Waals surface area contributed by atoms with Crippen molar-refractivity contribution in [2.24, 2.45) is 0 Å². The molecule has 0 aliphatic rings. The van der Waals surface area contributed by atoms with E-state index in [1.807, 2.05) is 6.07 Å². The van der Waals surface area contributed by atoms with Crippen LogP contribution in [0.15, 0.2) is 42.5 Å². The van der Waals surface area contributed by atoms with E-state index in [0.29, 0.717) is 26.9 Å². The molecule has 1 atom stereocenters. The minimum Gasteiger partial charge on any atom is -0.496 e. The quantitative estimate of drug-likeness (QED) is 0.780. The first-order valence-electron chi connectivity index (χ1n) is 6.09. The molecule has 2 aromatic rings. The number of rotatable bonds is 4. The molecule has 3 nitrogen and oxygen atoms in total.